The van der Waals surface area contributed by atoms with Crippen molar-refractivity contribution in [1.82, 2.24) is 5.32 Å². The van der Waals surface area contributed by atoms with Gasteiger partial charge in [0, 0.05) is 17.5 Å². The fourth-order valence-electron chi connectivity index (χ4n) is 3.92. The maximum absolute atomic E-state index is 11.5. The van der Waals surface area contributed by atoms with Gasteiger partial charge in [-0.25, -0.2) is 0 Å². The summed E-state index contributed by atoms with van der Waals surface area (Å²) < 4.78 is 0. The number of carboxylic acids is 1. The molecule has 3 nitrogen and oxygen atoms in total. The number of nitrogens with one attached hydrogen (secondary N) is 1. The van der Waals surface area contributed by atoms with E-state index in [1.165, 1.54) is 16.9 Å². The second-order valence-electron chi connectivity index (χ2n) is 5.95. The lowest BCUT2D eigenvalue weighted by atomic mass is 9.84. The van der Waals surface area contributed by atoms with Gasteiger partial charge in [0.05, 0.1) is 5.92 Å². The van der Waals surface area contributed by atoms with Gasteiger partial charge >= 0.3 is 5.97 Å². The van der Waals surface area contributed by atoms with Crippen LogP contribution in [0.25, 0.3) is 0 Å². The number of fused-ring (bicyclic) bond motifs is 2. The summed E-state index contributed by atoms with van der Waals surface area (Å²) in [6, 6.07) is 8.66. The molecule has 2 aliphatic carbocycles. The molecular formula is C16H21NO2S. The lowest BCUT2D eigenvalue weighted by Gasteiger charge is -2.29. The van der Waals surface area contributed by atoms with Crippen LogP contribution in [0.3, 0.4) is 0 Å². The van der Waals surface area contributed by atoms with Crippen molar-refractivity contribution in [2.75, 3.05) is 6.26 Å². The predicted molar refractivity (Wildman–Crippen MR) is 80.8 cm³/mol. The molecule has 108 valence electrons. The minimum atomic E-state index is -0.618. The van der Waals surface area contributed by atoms with Gasteiger partial charge in [-0.3, -0.25) is 4.79 Å². The van der Waals surface area contributed by atoms with E-state index in [1.54, 1.807) is 11.8 Å². The minimum absolute atomic E-state index is 0.159. The Balaban J connectivity index is 1.63. The van der Waals surface area contributed by atoms with Gasteiger partial charge in [0.2, 0.25) is 0 Å². The van der Waals surface area contributed by atoms with Gasteiger partial charge in [0.15, 0.2) is 0 Å². The molecule has 2 aliphatic rings. The summed E-state index contributed by atoms with van der Waals surface area (Å²) in [4.78, 5) is 12.7. The molecule has 0 radical (unpaired) electrons. The molecular weight excluding hydrogens is 270 g/mol. The quantitative estimate of drug-likeness (QED) is 0.819. The zero-order valence-corrected chi connectivity index (χ0v) is 12.5. The van der Waals surface area contributed by atoms with E-state index in [0.29, 0.717) is 11.8 Å². The standard InChI is InChI=1S/C16H21NO2S/c1-20-13-6-2-10(3-7-13)9-17-15-12-5-4-11(8-12)14(15)16(18)19/h2-3,6-7,11-12,14-15,17H,4-5,8-9H2,1H3,(H,18,19). The molecule has 0 aromatic heterocycles. The third-order valence-electron chi connectivity index (χ3n) is 4.90. The van der Waals surface area contributed by atoms with Gasteiger partial charge in [-0.15, -0.1) is 11.8 Å². The molecule has 2 bridgehead atoms. The third-order valence-corrected chi connectivity index (χ3v) is 5.65. The molecule has 4 unspecified atom stereocenters. The molecule has 1 aromatic carbocycles. The Labute approximate surface area is 124 Å². The molecule has 0 saturated heterocycles. The maximum atomic E-state index is 11.5. The first-order chi connectivity index (χ1) is 9.69. The molecule has 0 amide bonds. The first-order valence-corrected chi connectivity index (χ1v) is 8.50. The van der Waals surface area contributed by atoms with Crippen LogP contribution in [0.2, 0.25) is 0 Å². The minimum Gasteiger partial charge on any atom is -0.481 e. The molecule has 4 heteroatoms. The Hall–Kier alpha value is -1.00. The van der Waals surface area contributed by atoms with Crippen molar-refractivity contribution in [1.29, 1.82) is 0 Å². The van der Waals surface area contributed by atoms with Crippen molar-refractivity contribution in [3.63, 3.8) is 0 Å². The Morgan fingerprint density at radius 3 is 2.65 bits per heavy atom. The number of hydrogen-bond acceptors (Lipinski definition) is 3. The molecule has 1 aromatic rings. The van der Waals surface area contributed by atoms with E-state index < -0.39 is 5.97 Å². The summed E-state index contributed by atoms with van der Waals surface area (Å²) in [6.45, 7) is 0.770. The van der Waals surface area contributed by atoms with Crippen molar-refractivity contribution in [3.05, 3.63) is 29.8 Å². The van der Waals surface area contributed by atoms with Gasteiger partial charge in [-0.2, -0.15) is 0 Å². The second-order valence-corrected chi connectivity index (χ2v) is 6.83. The monoisotopic (exact) mass is 291 g/mol. The van der Waals surface area contributed by atoms with Crippen molar-refractivity contribution in [2.24, 2.45) is 17.8 Å². The van der Waals surface area contributed by atoms with Crippen LogP contribution in [0, 0.1) is 17.8 Å². The highest BCUT2D eigenvalue weighted by atomic mass is 32.2. The van der Waals surface area contributed by atoms with Gasteiger partial charge in [0.1, 0.15) is 0 Å². The van der Waals surface area contributed by atoms with E-state index >= 15 is 0 Å². The number of benzene rings is 1. The van der Waals surface area contributed by atoms with E-state index in [-0.39, 0.29) is 12.0 Å². The number of aliphatic carboxylic acids is 1. The Kier molecular flexibility index (Phi) is 4.03. The number of hydrogen-bond donors (Lipinski definition) is 2. The number of carbonyl (C=O) groups is 1. The summed E-state index contributed by atoms with van der Waals surface area (Å²) in [5.41, 5.74) is 1.23. The summed E-state index contributed by atoms with van der Waals surface area (Å²) in [5, 5.41) is 12.9. The first kappa shape index (κ1) is 14.0. The number of thioether (sulfide) groups is 1. The Morgan fingerprint density at radius 1 is 1.30 bits per heavy atom. The van der Waals surface area contributed by atoms with Crippen LogP contribution < -0.4 is 5.32 Å². The number of carboxylic acid groups (broad SMARTS) is 1. The third kappa shape index (κ3) is 2.59. The van der Waals surface area contributed by atoms with E-state index in [9.17, 15) is 9.90 Å². The average Bonchev–Trinajstić information content (AvgIpc) is 3.06. The van der Waals surface area contributed by atoms with E-state index in [0.717, 1.165) is 19.4 Å². The van der Waals surface area contributed by atoms with Crippen LogP contribution in [-0.2, 0) is 11.3 Å². The Morgan fingerprint density at radius 2 is 2.00 bits per heavy atom. The molecule has 20 heavy (non-hydrogen) atoms. The highest BCUT2D eigenvalue weighted by Crippen LogP contribution is 2.48. The molecule has 4 atom stereocenters. The molecule has 0 spiro atoms. The predicted octanol–water partition coefficient (Wildman–Crippen LogP) is 3.00. The largest absolute Gasteiger partial charge is 0.481 e. The molecule has 0 heterocycles. The summed E-state index contributed by atoms with van der Waals surface area (Å²) in [6.07, 6.45) is 5.46. The Bertz CT molecular complexity index is 488. The normalized spacial score (nSPS) is 31.6. The van der Waals surface area contributed by atoms with Crippen LogP contribution in [0.5, 0.6) is 0 Å². The second kappa shape index (κ2) is 5.78. The lowest BCUT2D eigenvalue weighted by molar-refractivity contribution is -0.144. The SMILES string of the molecule is CSc1ccc(CNC2C3CCC(C3)C2C(=O)O)cc1. The van der Waals surface area contributed by atoms with Crippen LogP contribution in [0.4, 0.5) is 0 Å². The van der Waals surface area contributed by atoms with E-state index in [2.05, 4.69) is 35.8 Å². The lowest BCUT2D eigenvalue weighted by Crippen LogP contribution is -2.43. The van der Waals surface area contributed by atoms with Gasteiger partial charge < -0.3 is 10.4 Å². The van der Waals surface area contributed by atoms with Crippen molar-refractivity contribution >= 4 is 17.7 Å². The van der Waals surface area contributed by atoms with E-state index in [4.69, 9.17) is 0 Å². The molecule has 2 saturated carbocycles. The summed E-state index contributed by atoms with van der Waals surface area (Å²) in [5.74, 6) is 0.159. The van der Waals surface area contributed by atoms with Crippen molar-refractivity contribution in [2.45, 2.75) is 36.7 Å². The molecule has 0 aliphatic heterocycles. The van der Waals surface area contributed by atoms with Crippen molar-refractivity contribution in [3.8, 4) is 0 Å². The molecule has 2 N–H and O–H groups in total. The fourth-order valence-corrected chi connectivity index (χ4v) is 4.33. The average molecular weight is 291 g/mol. The van der Waals surface area contributed by atoms with Crippen LogP contribution in [-0.4, -0.2) is 23.4 Å². The van der Waals surface area contributed by atoms with Crippen LogP contribution >= 0.6 is 11.8 Å². The zero-order chi connectivity index (χ0) is 14.1. The highest BCUT2D eigenvalue weighted by Gasteiger charge is 2.50. The zero-order valence-electron chi connectivity index (χ0n) is 11.7. The summed E-state index contributed by atoms with van der Waals surface area (Å²) >= 11 is 1.74. The van der Waals surface area contributed by atoms with Crippen molar-refractivity contribution < 1.29 is 9.90 Å². The first-order valence-electron chi connectivity index (χ1n) is 7.28. The molecule has 2 fully saturated rings. The topological polar surface area (TPSA) is 49.3 Å². The number of rotatable bonds is 5. The maximum Gasteiger partial charge on any atom is 0.308 e. The van der Waals surface area contributed by atoms with Crippen LogP contribution in [0.15, 0.2) is 29.2 Å². The van der Waals surface area contributed by atoms with E-state index in [1.807, 2.05) is 0 Å². The summed E-state index contributed by atoms with van der Waals surface area (Å²) in [7, 11) is 0. The molecule has 3 rings (SSSR count). The highest BCUT2D eigenvalue weighted by molar-refractivity contribution is 7.98. The fraction of sp³-hybridized carbons (Fsp3) is 0.562. The smallest absolute Gasteiger partial charge is 0.308 e. The van der Waals surface area contributed by atoms with Gasteiger partial charge in [0.25, 0.3) is 0 Å². The van der Waals surface area contributed by atoms with Gasteiger partial charge in [-0.1, -0.05) is 12.1 Å². The van der Waals surface area contributed by atoms with Crippen LogP contribution in [0.1, 0.15) is 24.8 Å². The van der Waals surface area contributed by atoms with Gasteiger partial charge in [-0.05, 0) is 55.1 Å².